The Labute approximate surface area is 113 Å². The number of benzene rings is 1. The third-order valence-electron chi connectivity index (χ3n) is 2.73. The van der Waals surface area contributed by atoms with Crippen molar-refractivity contribution >= 4 is 11.3 Å². The van der Waals surface area contributed by atoms with Crippen molar-refractivity contribution in [2.24, 2.45) is 0 Å². The van der Waals surface area contributed by atoms with Crippen molar-refractivity contribution in [2.45, 2.75) is 39.7 Å². The van der Waals surface area contributed by atoms with Gasteiger partial charge in [-0.3, -0.25) is 0 Å². The molecule has 0 saturated heterocycles. The second kappa shape index (κ2) is 5.11. The molecule has 3 heteroatoms. The maximum Gasteiger partial charge on any atom is 0.124 e. The molecule has 1 aromatic carbocycles. The molecule has 0 unspecified atom stereocenters. The Morgan fingerprint density at radius 2 is 1.94 bits per heavy atom. The van der Waals surface area contributed by atoms with E-state index in [0.717, 1.165) is 15.6 Å². The molecule has 0 aliphatic heterocycles. The van der Waals surface area contributed by atoms with Crippen LogP contribution in [0.5, 0.6) is 5.75 Å². The SMILES string of the molecule is Cc1ncc(COc2ccccc2C(C)(C)C)s1. The number of hydrogen-bond donors (Lipinski definition) is 0. The van der Waals surface area contributed by atoms with Crippen molar-refractivity contribution in [3.63, 3.8) is 0 Å². The molecule has 0 aliphatic carbocycles. The van der Waals surface area contributed by atoms with Gasteiger partial charge in [-0.15, -0.1) is 11.3 Å². The highest BCUT2D eigenvalue weighted by atomic mass is 32.1. The molecule has 0 spiro atoms. The molecule has 96 valence electrons. The first kappa shape index (κ1) is 13.1. The summed E-state index contributed by atoms with van der Waals surface area (Å²) in [6.07, 6.45) is 1.89. The summed E-state index contributed by atoms with van der Waals surface area (Å²) in [7, 11) is 0. The van der Waals surface area contributed by atoms with Gasteiger partial charge in [0.1, 0.15) is 12.4 Å². The van der Waals surface area contributed by atoms with Gasteiger partial charge in [0.25, 0.3) is 0 Å². The highest BCUT2D eigenvalue weighted by molar-refractivity contribution is 7.11. The van der Waals surface area contributed by atoms with E-state index in [1.54, 1.807) is 11.3 Å². The van der Waals surface area contributed by atoms with Crippen LogP contribution in [0.2, 0.25) is 0 Å². The number of rotatable bonds is 3. The number of aryl methyl sites for hydroxylation is 1. The Morgan fingerprint density at radius 1 is 1.22 bits per heavy atom. The Balaban J connectivity index is 2.14. The monoisotopic (exact) mass is 261 g/mol. The third-order valence-corrected chi connectivity index (χ3v) is 3.62. The number of nitrogens with zero attached hydrogens (tertiary/aromatic N) is 1. The minimum atomic E-state index is 0.0974. The summed E-state index contributed by atoms with van der Waals surface area (Å²) in [5.74, 6) is 0.969. The van der Waals surface area contributed by atoms with Gasteiger partial charge in [0.15, 0.2) is 0 Å². The van der Waals surface area contributed by atoms with Crippen LogP contribution in [-0.4, -0.2) is 4.98 Å². The molecule has 0 amide bonds. The molecule has 2 rings (SSSR count). The van der Waals surface area contributed by atoms with Gasteiger partial charge in [0.05, 0.1) is 9.88 Å². The van der Waals surface area contributed by atoms with Crippen LogP contribution < -0.4 is 4.74 Å². The zero-order valence-corrected chi connectivity index (χ0v) is 12.2. The van der Waals surface area contributed by atoms with Crippen LogP contribution in [0.4, 0.5) is 0 Å². The topological polar surface area (TPSA) is 22.1 Å². The molecule has 1 heterocycles. The Bertz CT molecular complexity index is 525. The van der Waals surface area contributed by atoms with Crippen molar-refractivity contribution < 1.29 is 4.74 Å². The fourth-order valence-electron chi connectivity index (χ4n) is 1.83. The van der Waals surface area contributed by atoms with Gasteiger partial charge in [-0.2, -0.15) is 0 Å². The molecule has 18 heavy (non-hydrogen) atoms. The van der Waals surface area contributed by atoms with E-state index in [9.17, 15) is 0 Å². The summed E-state index contributed by atoms with van der Waals surface area (Å²) in [6, 6.07) is 8.24. The van der Waals surface area contributed by atoms with E-state index in [1.807, 2.05) is 25.3 Å². The number of hydrogen-bond acceptors (Lipinski definition) is 3. The lowest BCUT2D eigenvalue weighted by atomic mass is 9.86. The van der Waals surface area contributed by atoms with Crippen molar-refractivity contribution in [3.05, 3.63) is 45.9 Å². The third kappa shape index (κ3) is 3.10. The Morgan fingerprint density at radius 3 is 2.56 bits per heavy atom. The van der Waals surface area contributed by atoms with Crippen molar-refractivity contribution in [1.82, 2.24) is 4.98 Å². The van der Waals surface area contributed by atoms with Gasteiger partial charge in [-0.05, 0) is 24.0 Å². The van der Waals surface area contributed by atoms with E-state index in [4.69, 9.17) is 4.74 Å². The summed E-state index contributed by atoms with van der Waals surface area (Å²) in [5, 5.41) is 1.08. The van der Waals surface area contributed by atoms with Crippen molar-refractivity contribution in [1.29, 1.82) is 0 Å². The second-order valence-electron chi connectivity index (χ2n) is 5.38. The fraction of sp³-hybridized carbons (Fsp3) is 0.400. The predicted molar refractivity (Wildman–Crippen MR) is 76.3 cm³/mol. The Kier molecular flexibility index (Phi) is 3.71. The summed E-state index contributed by atoms with van der Waals surface area (Å²) in [6.45, 7) is 9.21. The standard InChI is InChI=1S/C15H19NOS/c1-11-16-9-12(18-11)10-17-14-8-6-5-7-13(14)15(2,3)4/h5-9H,10H2,1-4H3. The molecule has 0 saturated carbocycles. The summed E-state index contributed by atoms with van der Waals surface area (Å²) < 4.78 is 5.93. The average Bonchev–Trinajstić information content (AvgIpc) is 2.72. The summed E-state index contributed by atoms with van der Waals surface area (Å²) >= 11 is 1.68. The molecule has 0 fully saturated rings. The number of ether oxygens (including phenoxy) is 1. The lowest BCUT2D eigenvalue weighted by Gasteiger charge is -2.22. The van der Waals surface area contributed by atoms with Gasteiger partial charge < -0.3 is 4.74 Å². The lowest BCUT2D eigenvalue weighted by Crippen LogP contribution is -2.13. The van der Waals surface area contributed by atoms with E-state index >= 15 is 0 Å². The van der Waals surface area contributed by atoms with E-state index in [2.05, 4.69) is 37.9 Å². The normalized spacial score (nSPS) is 11.6. The van der Waals surface area contributed by atoms with Gasteiger partial charge in [-0.25, -0.2) is 4.98 Å². The maximum absolute atomic E-state index is 5.93. The highest BCUT2D eigenvalue weighted by Gasteiger charge is 2.18. The van der Waals surface area contributed by atoms with Crippen molar-refractivity contribution in [3.8, 4) is 5.75 Å². The summed E-state index contributed by atoms with van der Waals surface area (Å²) in [4.78, 5) is 5.40. The molecular weight excluding hydrogens is 242 g/mol. The minimum Gasteiger partial charge on any atom is -0.488 e. The van der Waals surface area contributed by atoms with Gasteiger partial charge in [-0.1, -0.05) is 39.0 Å². The van der Waals surface area contributed by atoms with E-state index in [0.29, 0.717) is 6.61 Å². The van der Waals surface area contributed by atoms with Crippen LogP contribution in [0.3, 0.4) is 0 Å². The maximum atomic E-state index is 5.93. The molecule has 0 aliphatic rings. The van der Waals surface area contributed by atoms with E-state index in [1.165, 1.54) is 5.56 Å². The quantitative estimate of drug-likeness (QED) is 0.820. The molecular formula is C15H19NOS. The molecule has 0 N–H and O–H groups in total. The highest BCUT2D eigenvalue weighted by Crippen LogP contribution is 2.31. The molecule has 2 nitrogen and oxygen atoms in total. The van der Waals surface area contributed by atoms with Crippen LogP contribution in [0.25, 0.3) is 0 Å². The van der Waals surface area contributed by atoms with Crippen molar-refractivity contribution in [2.75, 3.05) is 0 Å². The largest absolute Gasteiger partial charge is 0.488 e. The fourth-order valence-corrected chi connectivity index (χ4v) is 2.54. The number of para-hydroxylation sites is 1. The van der Waals surface area contributed by atoms with Crippen LogP contribution in [0.15, 0.2) is 30.5 Å². The summed E-state index contributed by atoms with van der Waals surface area (Å²) in [5.41, 5.74) is 1.34. The first-order valence-electron chi connectivity index (χ1n) is 6.10. The smallest absolute Gasteiger partial charge is 0.124 e. The molecule has 0 radical (unpaired) electrons. The second-order valence-corrected chi connectivity index (χ2v) is 6.70. The van der Waals surface area contributed by atoms with E-state index in [-0.39, 0.29) is 5.41 Å². The minimum absolute atomic E-state index is 0.0974. The van der Waals surface area contributed by atoms with Gasteiger partial charge >= 0.3 is 0 Å². The first-order valence-corrected chi connectivity index (χ1v) is 6.92. The number of aromatic nitrogens is 1. The lowest BCUT2D eigenvalue weighted by molar-refractivity contribution is 0.300. The first-order chi connectivity index (χ1) is 8.47. The zero-order valence-electron chi connectivity index (χ0n) is 11.4. The van der Waals surface area contributed by atoms with E-state index < -0.39 is 0 Å². The zero-order chi connectivity index (χ0) is 13.2. The molecule has 2 aromatic rings. The average molecular weight is 261 g/mol. The van der Waals surface area contributed by atoms with Crippen LogP contribution in [0.1, 0.15) is 36.2 Å². The molecule has 1 aromatic heterocycles. The predicted octanol–water partition coefficient (Wildman–Crippen LogP) is 4.33. The van der Waals surface area contributed by atoms with Gasteiger partial charge in [0.2, 0.25) is 0 Å². The molecule has 0 atom stereocenters. The van der Waals surface area contributed by atoms with Crippen LogP contribution >= 0.6 is 11.3 Å². The van der Waals surface area contributed by atoms with Gasteiger partial charge in [0, 0.05) is 6.20 Å². The van der Waals surface area contributed by atoms with Crippen LogP contribution in [0, 0.1) is 6.92 Å². The Hall–Kier alpha value is -1.35. The number of thiazole rings is 1. The van der Waals surface area contributed by atoms with Crippen LogP contribution in [-0.2, 0) is 12.0 Å². The molecule has 0 bridgehead atoms.